The van der Waals surface area contributed by atoms with Crippen LogP contribution in [0.25, 0.3) is 0 Å². The van der Waals surface area contributed by atoms with Crippen LogP contribution in [0.5, 0.6) is 0 Å². The van der Waals surface area contributed by atoms with E-state index in [1.54, 1.807) is 4.90 Å². The van der Waals surface area contributed by atoms with E-state index in [0.29, 0.717) is 31.3 Å². The Labute approximate surface area is 132 Å². The summed E-state index contributed by atoms with van der Waals surface area (Å²) in [5.74, 6) is 0.667. The molecule has 1 atom stereocenters. The third kappa shape index (κ3) is 3.87. The van der Waals surface area contributed by atoms with Crippen LogP contribution in [0.3, 0.4) is 0 Å². The molecule has 2 rings (SSSR count). The first-order chi connectivity index (χ1) is 10.4. The Balaban J connectivity index is 2.01. The maximum Gasteiger partial charge on any atom is 0.227 e. The van der Waals surface area contributed by atoms with Gasteiger partial charge in [0, 0.05) is 25.2 Å². The zero-order valence-electron chi connectivity index (χ0n) is 13.9. The lowest BCUT2D eigenvalue weighted by Crippen LogP contribution is -2.35. The minimum Gasteiger partial charge on any atom is -0.356 e. The van der Waals surface area contributed by atoms with Gasteiger partial charge in [-0.2, -0.15) is 0 Å². The number of benzene rings is 1. The van der Waals surface area contributed by atoms with Crippen LogP contribution >= 0.6 is 0 Å². The summed E-state index contributed by atoms with van der Waals surface area (Å²) >= 11 is 0. The van der Waals surface area contributed by atoms with E-state index in [1.165, 1.54) is 5.56 Å². The lowest BCUT2D eigenvalue weighted by molar-refractivity contribution is -0.126. The molecule has 0 aromatic heterocycles. The summed E-state index contributed by atoms with van der Waals surface area (Å²) in [6, 6.07) is 8.06. The summed E-state index contributed by atoms with van der Waals surface area (Å²) in [6.45, 7) is 9.54. The molecule has 1 aliphatic heterocycles. The van der Waals surface area contributed by atoms with Crippen molar-refractivity contribution in [2.45, 2.75) is 40.0 Å². The van der Waals surface area contributed by atoms with Crippen LogP contribution in [0, 0.1) is 11.8 Å². The summed E-state index contributed by atoms with van der Waals surface area (Å²) in [5.41, 5.74) is 2.13. The van der Waals surface area contributed by atoms with E-state index in [4.69, 9.17) is 0 Å². The Hall–Kier alpha value is -1.84. The molecule has 1 N–H and O–H groups in total. The number of amides is 2. The standard InChI is InChI=1S/C18H26N2O2/c1-12(2)10-19-18(22)15-9-17(21)20(11-15)16-7-5-14(6-8-16)13(3)4/h5-8,12-13,15H,9-11H2,1-4H3,(H,19,22). The highest BCUT2D eigenvalue weighted by Gasteiger charge is 2.34. The molecule has 1 saturated heterocycles. The highest BCUT2D eigenvalue weighted by molar-refractivity contribution is 6.00. The van der Waals surface area contributed by atoms with Gasteiger partial charge >= 0.3 is 0 Å². The molecular formula is C18H26N2O2. The van der Waals surface area contributed by atoms with Gasteiger partial charge in [0.15, 0.2) is 0 Å². The van der Waals surface area contributed by atoms with Gasteiger partial charge in [-0.1, -0.05) is 39.8 Å². The molecule has 1 aliphatic rings. The van der Waals surface area contributed by atoms with Crippen molar-refractivity contribution in [3.63, 3.8) is 0 Å². The van der Waals surface area contributed by atoms with Crippen LogP contribution in [0.15, 0.2) is 24.3 Å². The van der Waals surface area contributed by atoms with Gasteiger partial charge in [0.25, 0.3) is 0 Å². The van der Waals surface area contributed by atoms with E-state index in [2.05, 4.69) is 45.1 Å². The number of nitrogens with one attached hydrogen (secondary N) is 1. The molecule has 1 aromatic carbocycles. The Kier molecular flexibility index (Phi) is 5.22. The van der Waals surface area contributed by atoms with Crippen molar-refractivity contribution in [3.05, 3.63) is 29.8 Å². The summed E-state index contributed by atoms with van der Waals surface area (Å²) in [7, 11) is 0. The van der Waals surface area contributed by atoms with Gasteiger partial charge in [-0.15, -0.1) is 0 Å². The quantitative estimate of drug-likeness (QED) is 0.909. The Morgan fingerprint density at radius 3 is 2.41 bits per heavy atom. The van der Waals surface area contributed by atoms with Gasteiger partial charge < -0.3 is 10.2 Å². The molecule has 4 nitrogen and oxygen atoms in total. The summed E-state index contributed by atoms with van der Waals surface area (Å²) < 4.78 is 0. The van der Waals surface area contributed by atoms with Crippen molar-refractivity contribution < 1.29 is 9.59 Å². The van der Waals surface area contributed by atoms with Crippen molar-refractivity contribution in [2.24, 2.45) is 11.8 Å². The van der Waals surface area contributed by atoms with Gasteiger partial charge in [-0.3, -0.25) is 9.59 Å². The predicted molar refractivity (Wildman–Crippen MR) is 88.8 cm³/mol. The molecule has 4 heteroatoms. The molecule has 120 valence electrons. The summed E-state index contributed by atoms with van der Waals surface area (Å²) in [6.07, 6.45) is 0.301. The van der Waals surface area contributed by atoms with Gasteiger partial charge in [0.1, 0.15) is 0 Å². The predicted octanol–water partition coefficient (Wildman–Crippen LogP) is 2.94. The number of hydrogen-bond donors (Lipinski definition) is 1. The molecule has 0 bridgehead atoms. The van der Waals surface area contributed by atoms with Crippen LogP contribution in [0.4, 0.5) is 5.69 Å². The largest absolute Gasteiger partial charge is 0.356 e. The van der Waals surface area contributed by atoms with Crippen LogP contribution in [0.1, 0.15) is 45.6 Å². The van der Waals surface area contributed by atoms with Gasteiger partial charge in [-0.25, -0.2) is 0 Å². The second kappa shape index (κ2) is 6.95. The van der Waals surface area contributed by atoms with Crippen molar-refractivity contribution in [1.29, 1.82) is 0 Å². The van der Waals surface area contributed by atoms with Gasteiger partial charge in [0.05, 0.1) is 5.92 Å². The highest BCUT2D eigenvalue weighted by Crippen LogP contribution is 2.26. The second-order valence-electron chi connectivity index (χ2n) is 6.79. The van der Waals surface area contributed by atoms with Crippen LogP contribution in [0.2, 0.25) is 0 Å². The summed E-state index contributed by atoms with van der Waals surface area (Å²) in [5, 5.41) is 2.92. The number of nitrogens with zero attached hydrogens (tertiary/aromatic N) is 1. The number of hydrogen-bond acceptors (Lipinski definition) is 2. The fraction of sp³-hybridized carbons (Fsp3) is 0.556. The molecule has 1 aromatic rings. The molecule has 0 radical (unpaired) electrons. The van der Waals surface area contributed by atoms with E-state index < -0.39 is 0 Å². The maximum absolute atomic E-state index is 12.2. The Morgan fingerprint density at radius 1 is 1.23 bits per heavy atom. The molecular weight excluding hydrogens is 276 g/mol. The fourth-order valence-corrected chi connectivity index (χ4v) is 2.62. The zero-order chi connectivity index (χ0) is 16.3. The third-order valence-corrected chi connectivity index (χ3v) is 4.05. The van der Waals surface area contributed by atoms with Crippen molar-refractivity contribution in [3.8, 4) is 0 Å². The Morgan fingerprint density at radius 2 is 1.86 bits per heavy atom. The smallest absolute Gasteiger partial charge is 0.227 e. The van der Waals surface area contributed by atoms with Crippen molar-refractivity contribution >= 4 is 17.5 Å². The topological polar surface area (TPSA) is 49.4 Å². The zero-order valence-corrected chi connectivity index (χ0v) is 13.9. The van der Waals surface area contributed by atoms with Crippen LogP contribution in [-0.4, -0.2) is 24.9 Å². The summed E-state index contributed by atoms with van der Waals surface area (Å²) in [4.78, 5) is 26.0. The average molecular weight is 302 g/mol. The van der Waals surface area contributed by atoms with Crippen molar-refractivity contribution in [1.82, 2.24) is 5.32 Å². The van der Waals surface area contributed by atoms with Crippen LogP contribution < -0.4 is 10.2 Å². The molecule has 1 fully saturated rings. The van der Waals surface area contributed by atoms with E-state index in [9.17, 15) is 9.59 Å². The van der Waals surface area contributed by atoms with Gasteiger partial charge in [0.2, 0.25) is 11.8 Å². The maximum atomic E-state index is 12.2. The minimum absolute atomic E-state index is 0.0108. The van der Waals surface area contributed by atoms with Gasteiger partial charge in [-0.05, 0) is 29.5 Å². The SMILES string of the molecule is CC(C)CNC(=O)C1CC(=O)N(c2ccc(C(C)C)cc2)C1. The number of carbonyl (C=O) groups is 2. The monoisotopic (exact) mass is 302 g/mol. The molecule has 0 aliphatic carbocycles. The molecule has 0 saturated carbocycles. The molecule has 1 heterocycles. The van der Waals surface area contributed by atoms with E-state index >= 15 is 0 Å². The highest BCUT2D eigenvalue weighted by atomic mass is 16.2. The van der Waals surface area contributed by atoms with Crippen LogP contribution in [-0.2, 0) is 9.59 Å². The average Bonchev–Trinajstić information content (AvgIpc) is 2.87. The molecule has 1 unspecified atom stereocenters. The van der Waals surface area contributed by atoms with Crippen molar-refractivity contribution in [2.75, 3.05) is 18.0 Å². The van der Waals surface area contributed by atoms with E-state index in [-0.39, 0.29) is 17.7 Å². The lowest BCUT2D eigenvalue weighted by Gasteiger charge is -2.18. The van der Waals surface area contributed by atoms with E-state index in [1.807, 2.05) is 12.1 Å². The minimum atomic E-state index is -0.240. The first-order valence-electron chi connectivity index (χ1n) is 8.06. The lowest BCUT2D eigenvalue weighted by atomic mass is 10.0. The van der Waals surface area contributed by atoms with E-state index in [0.717, 1.165) is 5.69 Å². The number of anilines is 1. The normalized spacial score (nSPS) is 18.4. The molecule has 0 spiro atoms. The molecule has 2 amide bonds. The third-order valence-electron chi connectivity index (χ3n) is 4.05. The Bertz CT molecular complexity index is 535. The second-order valence-corrected chi connectivity index (χ2v) is 6.79. The fourth-order valence-electron chi connectivity index (χ4n) is 2.62. The number of carbonyl (C=O) groups excluding carboxylic acids is 2. The first kappa shape index (κ1) is 16.5. The first-order valence-corrected chi connectivity index (χ1v) is 8.06. The molecule has 22 heavy (non-hydrogen) atoms. The number of rotatable bonds is 5.